The fourth-order valence-corrected chi connectivity index (χ4v) is 4.52. The van der Waals surface area contributed by atoms with Crippen LogP contribution in [0, 0.1) is 0 Å². The molecule has 0 fully saturated rings. The lowest BCUT2D eigenvalue weighted by molar-refractivity contribution is 0.0235. The normalized spacial score (nSPS) is 12.8. The molecule has 0 heterocycles. The summed E-state index contributed by atoms with van der Waals surface area (Å²) in [6.45, 7) is 8.77. The van der Waals surface area contributed by atoms with Crippen LogP contribution in [-0.4, -0.2) is 24.1 Å². The molecule has 2 unspecified atom stereocenters. The van der Waals surface area contributed by atoms with E-state index in [0.29, 0.717) is 11.1 Å². The lowest BCUT2D eigenvalue weighted by atomic mass is 10.0. The van der Waals surface area contributed by atoms with E-state index in [0.717, 1.165) is 64.2 Å². The van der Waals surface area contributed by atoms with Gasteiger partial charge in [-0.05, 0) is 62.8 Å². The quantitative estimate of drug-likeness (QED) is 0.117. The van der Waals surface area contributed by atoms with Gasteiger partial charge in [0.2, 0.25) is 0 Å². The number of unbranched alkanes of at least 4 members (excludes halogenated alkanes) is 10. The Morgan fingerprint density at radius 1 is 0.500 bits per heavy atom. The Hall–Kier alpha value is -1.84. The number of esters is 2. The van der Waals surface area contributed by atoms with Crippen LogP contribution in [0.4, 0.5) is 0 Å². The Morgan fingerprint density at radius 3 is 1.14 bits per heavy atom. The summed E-state index contributed by atoms with van der Waals surface area (Å²) in [5.41, 5.74) is 0.995. The third kappa shape index (κ3) is 14.7. The van der Waals surface area contributed by atoms with Crippen molar-refractivity contribution in [2.24, 2.45) is 0 Å². The van der Waals surface area contributed by atoms with Crippen LogP contribution in [0.3, 0.4) is 0 Å². The Kier molecular flexibility index (Phi) is 19.0. The number of rotatable bonds is 22. The number of carbonyl (C=O) groups is 2. The maximum Gasteiger partial charge on any atom is 0.338 e. The molecule has 2 atom stereocenters. The first-order valence-corrected chi connectivity index (χ1v) is 15.1. The van der Waals surface area contributed by atoms with Crippen molar-refractivity contribution in [3.05, 3.63) is 35.4 Å². The van der Waals surface area contributed by atoms with E-state index in [9.17, 15) is 9.59 Å². The molecule has 0 spiro atoms. The largest absolute Gasteiger partial charge is 0.459 e. The molecule has 0 amide bonds. The lowest BCUT2D eigenvalue weighted by Gasteiger charge is -2.19. The van der Waals surface area contributed by atoms with Gasteiger partial charge in [-0.1, -0.05) is 105 Å². The van der Waals surface area contributed by atoms with E-state index < -0.39 is 0 Å². The van der Waals surface area contributed by atoms with Gasteiger partial charge in [-0.25, -0.2) is 9.59 Å². The molecule has 0 N–H and O–H groups in total. The average molecular weight is 503 g/mol. The minimum absolute atomic E-state index is 0.0274. The molecule has 1 aromatic rings. The van der Waals surface area contributed by atoms with Crippen molar-refractivity contribution in [1.29, 1.82) is 0 Å². The van der Waals surface area contributed by atoms with Gasteiger partial charge in [0.25, 0.3) is 0 Å². The third-order valence-corrected chi connectivity index (χ3v) is 6.92. The van der Waals surface area contributed by atoms with Crippen LogP contribution in [0.25, 0.3) is 0 Å². The second-order valence-corrected chi connectivity index (χ2v) is 10.3. The maximum atomic E-state index is 12.8. The van der Waals surface area contributed by atoms with Gasteiger partial charge < -0.3 is 9.47 Å². The summed E-state index contributed by atoms with van der Waals surface area (Å²) in [5.74, 6) is -0.588. The third-order valence-electron chi connectivity index (χ3n) is 6.92. The van der Waals surface area contributed by atoms with Crippen molar-refractivity contribution in [3.8, 4) is 0 Å². The van der Waals surface area contributed by atoms with Crippen LogP contribution in [0.15, 0.2) is 24.3 Å². The van der Waals surface area contributed by atoms with Gasteiger partial charge in [-0.15, -0.1) is 0 Å². The smallest absolute Gasteiger partial charge is 0.338 e. The highest BCUT2D eigenvalue weighted by Gasteiger charge is 2.18. The standard InChI is InChI=1S/C32H54O4/c1-5-9-13-15-17-21-29(19-11-7-3)35-31(33)27-23-25-28(26-24-27)32(34)36-30(20-12-8-4)22-18-16-14-10-6-2/h23-26,29-30H,5-22H2,1-4H3. The average Bonchev–Trinajstić information content (AvgIpc) is 2.89. The number of hydrogen-bond acceptors (Lipinski definition) is 4. The SMILES string of the molecule is CCCCCCCC(CCCC)OC(=O)c1ccc(C(=O)OC(CCCC)CCCCCCC)cc1. The first-order valence-electron chi connectivity index (χ1n) is 15.1. The number of ether oxygens (including phenoxy) is 2. The summed E-state index contributed by atoms with van der Waals surface area (Å²) in [5, 5.41) is 0. The van der Waals surface area contributed by atoms with Gasteiger partial charge in [-0.2, -0.15) is 0 Å². The molecule has 0 aliphatic carbocycles. The highest BCUT2D eigenvalue weighted by Crippen LogP contribution is 2.19. The topological polar surface area (TPSA) is 52.6 Å². The first kappa shape index (κ1) is 32.2. The fourth-order valence-electron chi connectivity index (χ4n) is 4.52. The summed E-state index contributed by atoms with van der Waals surface area (Å²) >= 11 is 0. The van der Waals surface area contributed by atoms with Crippen molar-refractivity contribution in [3.63, 3.8) is 0 Å². The maximum absolute atomic E-state index is 12.8. The van der Waals surface area contributed by atoms with Crippen LogP contribution < -0.4 is 0 Å². The summed E-state index contributed by atoms with van der Waals surface area (Å²) in [6.07, 6.45) is 20.1. The molecule has 1 aromatic carbocycles. The van der Waals surface area contributed by atoms with Crippen molar-refractivity contribution in [1.82, 2.24) is 0 Å². The Bertz CT molecular complexity index is 623. The number of carbonyl (C=O) groups excluding carboxylic acids is 2. The molecule has 0 saturated heterocycles. The van der Waals surface area contributed by atoms with E-state index in [4.69, 9.17) is 9.47 Å². The molecule has 0 saturated carbocycles. The van der Waals surface area contributed by atoms with E-state index in [1.54, 1.807) is 24.3 Å². The van der Waals surface area contributed by atoms with Gasteiger partial charge in [0, 0.05) is 0 Å². The zero-order valence-electron chi connectivity index (χ0n) is 23.8. The molecule has 4 heteroatoms. The van der Waals surface area contributed by atoms with E-state index in [1.807, 2.05) is 0 Å². The fraction of sp³-hybridized carbons (Fsp3) is 0.750. The molecule has 36 heavy (non-hydrogen) atoms. The summed E-state index contributed by atoms with van der Waals surface area (Å²) < 4.78 is 11.7. The predicted molar refractivity (Wildman–Crippen MR) is 151 cm³/mol. The molecule has 0 bridgehead atoms. The number of benzene rings is 1. The Balaban J connectivity index is 2.62. The van der Waals surface area contributed by atoms with Crippen molar-refractivity contribution < 1.29 is 19.1 Å². The molecule has 206 valence electrons. The summed E-state index contributed by atoms with van der Waals surface area (Å²) in [4.78, 5) is 25.6. The van der Waals surface area contributed by atoms with E-state index in [1.165, 1.54) is 51.4 Å². The Labute approximate surface area is 221 Å². The Morgan fingerprint density at radius 2 is 0.806 bits per heavy atom. The van der Waals surface area contributed by atoms with Crippen molar-refractivity contribution in [2.45, 2.75) is 155 Å². The molecule has 0 aromatic heterocycles. The minimum atomic E-state index is -0.294. The molecular weight excluding hydrogens is 448 g/mol. The molecular formula is C32H54O4. The van der Waals surface area contributed by atoms with Crippen LogP contribution in [-0.2, 0) is 9.47 Å². The lowest BCUT2D eigenvalue weighted by Crippen LogP contribution is -2.20. The van der Waals surface area contributed by atoms with Crippen LogP contribution in [0.5, 0.6) is 0 Å². The van der Waals surface area contributed by atoms with Crippen LogP contribution in [0.1, 0.15) is 164 Å². The predicted octanol–water partition coefficient (Wildman–Crippen LogP) is 9.84. The molecule has 1 rings (SSSR count). The van der Waals surface area contributed by atoms with Gasteiger partial charge in [0.05, 0.1) is 11.1 Å². The molecule has 0 radical (unpaired) electrons. The van der Waals surface area contributed by atoms with E-state index in [-0.39, 0.29) is 24.1 Å². The second-order valence-electron chi connectivity index (χ2n) is 10.3. The zero-order chi connectivity index (χ0) is 26.4. The molecule has 4 nitrogen and oxygen atoms in total. The molecule has 0 aliphatic rings. The number of hydrogen-bond donors (Lipinski definition) is 0. The second kappa shape index (κ2) is 21.3. The van der Waals surface area contributed by atoms with Crippen molar-refractivity contribution in [2.75, 3.05) is 0 Å². The summed E-state index contributed by atoms with van der Waals surface area (Å²) in [6, 6.07) is 6.79. The van der Waals surface area contributed by atoms with Gasteiger partial charge in [-0.3, -0.25) is 0 Å². The van der Waals surface area contributed by atoms with Crippen molar-refractivity contribution >= 4 is 11.9 Å². The monoisotopic (exact) mass is 502 g/mol. The highest BCUT2D eigenvalue weighted by atomic mass is 16.5. The highest BCUT2D eigenvalue weighted by molar-refractivity contribution is 5.93. The van der Waals surface area contributed by atoms with E-state index >= 15 is 0 Å². The first-order chi connectivity index (χ1) is 17.5. The molecule has 0 aliphatic heterocycles. The van der Waals surface area contributed by atoms with Gasteiger partial charge in [0.15, 0.2) is 0 Å². The zero-order valence-corrected chi connectivity index (χ0v) is 23.8. The minimum Gasteiger partial charge on any atom is -0.459 e. The van der Waals surface area contributed by atoms with Crippen LogP contribution >= 0.6 is 0 Å². The van der Waals surface area contributed by atoms with E-state index in [2.05, 4.69) is 27.7 Å². The van der Waals surface area contributed by atoms with Gasteiger partial charge in [0.1, 0.15) is 12.2 Å². The van der Waals surface area contributed by atoms with Gasteiger partial charge >= 0.3 is 11.9 Å². The van der Waals surface area contributed by atoms with Crippen LogP contribution in [0.2, 0.25) is 0 Å². The summed E-state index contributed by atoms with van der Waals surface area (Å²) in [7, 11) is 0.